The van der Waals surface area contributed by atoms with Crippen LogP contribution >= 0.6 is 15.9 Å². The molecule has 0 amide bonds. The van der Waals surface area contributed by atoms with Gasteiger partial charge >= 0.3 is 5.97 Å². The SMILES string of the molecule is Cc1cc(Br)c(CC(=O)O)cc1C#N. The topological polar surface area (TPSA) is 61.1 Å². The highest BCUT2D eigenvalue weighted by Gasteiger charge is 2.08. The van der Waals surface area contributed by atoms with E-state index in [0.717, 1.165) is 10.0 Å². The molecular formula is C10H8BrNO2. The molecule has 0 fully saturated rings. The molecule has 0 spiro atoms. The summed E-state index contributed by atoms with van der Waals surface area (Å²) in [6.45, 7) is 1.81. The van der Waals surface area contributed by atoms with Crippen LogP contribution in [0.25, 0.3) is 0 Å². The van der Waals surface area contributed by atoms with Crippen molar-refractivity contribution in [1.29, 1.82) is 5.26 Å². The predicted octanol–water partition coefficient (Wildman–Crippen LogP) is 2.26. The number of aliphatic carboxylic acids is 1. The van der Waals surface area contributed by atoms with Crippen molar-refractivity contribution in [2.24, 2.45) is 0 Å². The first-order valence-electron chi connectivity index (χ1n) is 3.95. The Bertz CT molecular complexity index is 421. The van der Waals surface area contributed by atoms with Crippen molar-refractivity contribution in [3.05, 3.63) is 33.3 Å². The van der Waals surface area contributed by atoms with Gasteiger partial charge in [0.25, 0.3) is 0 Å². The van der Waals surface area contributed by atoms with Gasteiger partial charge in [0, 0.05) is 4.47 Å². The minimum Gasteiger partial charge on any atom is -0.481 e. The molecule has 0 bridgehead atoms. The molecule has 72 valence electrons. The molecule has 0 aliphatic rings. The minimum atomic E-state index is -0.904. The largest absolute Gasteiger partial charge is 0.481 e. The first kappa shape index (κ1) is 10.7. The Morgan fingerprint density at radius 3 is 2.79 bits per heavy atom. The molecular weight excluding hydrogens is 246 g/mol. The zero-order valence-electron chi connectivity index (χ0n) is 7.54. The average Bonchev–Trinajstić information content (AvgIpc) is 2.09. The molecule has 1 rings (SSSR count). The normalized spacial score (nSPS) is 9.50. The van der Waals surface area contributed by atoms with Gasteiger partial charge in [0.15, 0.2) is 0 Å². The molecule has 0 aliphatic heterocycles. The molecule has 0 unspecified atom stereocenters. The standard InChI is InChI=1S/C10H8BrNO2/c1-6-2-9(11)7(4-10(13)14)3-8(6)5-12/h2-3H,4H2,1H3,(H,13,14). The molecule has 0 radical (unpaired) electrons. The summed E-state index contributed by atoms with van der Waals surface area (Å²) < 4.78 is 0.733. The van der Waals surface area contributed by atoms with Gasteiger partial charge in [-0.1, -0.05) is 15.9 Å². The Morgan fingerprint density at radius 1 is 1.64 bits per heavy atom. The Hall–Kier alpha value is -1.34. The molecule has 4 heteroatoms. The first-order valence-corrected chi connectivity index (χ1v) is 4.75. The lowest BCUT2D eigenvalue weighted by atomic mass is 10.0. The minimum absolute atomic E-state index is 0.0739. The van der Waals surface area contributed by atoms with Crippen molar-refractivity contribution >= 4 is 21.9 Å². The van der Waals surface area contributed by atoms with Crippen molar-refractivity contribution in [3.8, 4) is 6.07 Å². The third-order valence-electron chi connectivity index (χ3n) is 1.86. The number of rotatable bonds is 2. The van der Waals surface area contributed by atoms with E-state index in [0.29, 0.717) is 11.1 Å². The van der Waals surface area contributed by atoms with E-state index in [4.69, 9.17) is 10.4 Å². The van der Waals surface area contributed by atoms with Crippen LogP contribution in [0.3, 0.4) is 0 Å². The van der Waals surface area contributed by atoms with Gasteiger partial charge in [-0.15, -0.1) is 0 Å². The fraction of sp³-hybridized carbons (Fsp3) is 0.200. The first-order chi connectivity index (χ1) is 6.54. The zero-order valence-corrected chi connectivity index (χ0v) is 9.13. The van der Waals surface area contributed by atoms with Crippen molar-refractivity contribution < 1.29 is 9.90 Å². The molecule has 1 N–H and O–H groups in total. The molecule has 0 heterocycles. The fourth-order valence-corrected chi connectivity index (χ4v) is 1.73. The summed E-state index contributed by atoms with van der Waals surface area (Å²) in [5.74, 6) is -0.904. The number of hydrogen-bond acceptors (Lipinski definition) is 2. The maximum Gasteiger partial charge on any atom is 0.307 e. The van der Waals surface area contributed by atoms with E-state index in [9.17, 15) is 4.79 Å². The molecule has 3 nitrogen and oxygen atoms in total. The Morgan fingerprint density at radius 2 is 2.29 bits per heavy atom. The summed E-state index contributed by atoms with van der Waals surface area (Å²) in [5.41, 5.74) is 1.98. The van der Waals surface area contributed by atoms with Gasteiger partial charge in [-0.3, -0.25) is 4.79 Å². The van der Waals surface area contributed by atoms with Gasteiger partial charge in [-0.25, -0.2) is 0 Å². The van der Waals surface area contributed by atoms with Gasteiger partial charge in [0.1, 0.15) is 0 Å². The molecule has 0 saturated heterocycles. The quantitative estimate of drug-likeness (QED) is 0.880. The number of carboxylic acid groups (broad SMARTS) is 1. The number of aryl methyl sites for hydroxylation is 1. The van der Waals surface area contributed by atoms with Crippen LogP contribution in [0.5, 0.6) is 0 Å². The smallest absolute Gasteiger partial charge is 0.307 e. The molecule has 0 saturated carbocycles. The Balaban J connectivity index is 3.19. The van der Waals surface area contributed by atoms with E-state index in [1.54, 1.807) is 12.1 Å². The number of carbonyl (C=O) groups is 1. The molecule has 14 heavy (non-hydrogen) atoms. The third-order valence-corrected chi connectivity index (χ3v) is 2.59. The number of hydrogen-bond donors (Lipinski definition) is 1. The molecule has 0 aromatic heterocycles. The summed E-state index contributed by atoms with van der Waals surface area (Å²) in [6.07, 6.45) is -0.0739. The van der Waals surface area contributed by atoms with E-state index in [-0.39, 0.29) is 6.42 Å². The van der Waals surface area contributed by atoms with Crippen molar-refractivity contribution in [2.75, 3.05) is 0 Å². The maximum atomic E-state index is 10.5. The van der Waals surface area contributed by atoms with Gasteiger partial charge in [0.05, 0.1) is 18.1 Å². The van der Waals surface area contributed by atoms with Gasteiger partial charge in [-0.2, -0.15) is 5.26 Å². The summed E-state index contributed by atoms with van der Waals surface area (Å²) >= 11 is 3.27. The second kappa shape index (κ2) is 4.25. The summed E-state index contributed by atoms with van der Waals surface area (Å²) in [6, 6.07) is 5.39. The highest BCUT2D eigenvalue weighted by Crippen LogP contribution is 2.21. The summed E-state index contributed by atoms with van der Waals surface area (Å²) in [4.78, 5) is 10.5. The second-order valence-electron chi connectivity index (χ2n) is 2.94. The summed E-state index contributed by atoms with van der Waals surface area (Å²) in [5, 5.41) is 17.4. The number of carboxylic acids is 1. The fourth-order valence-electron chi connectivity index (χ4n) is 1.14. The van der Waals surface area contributed by atoms with Crippen molar-refractivity contribution in [1.82, 2.24) is 0 Å². The average molecular weight is 254 g/mol. The van der Waals surface area contributed by atoms with Gasteiger partial charge in [0.2, 0.25) is 0 Å². The summed E-state index contributed by atoms with van der Waals surface area (Å²) in [7, 11) is 0. The van der Waals surface area contributed by atoms with Crippen LogP contribution in [0.2, 0.25) is 0 Å². The highest BCUT2D eigenvalue weighted by atomic mass is 79.9. The van der Waals surface area contributed by atoms with Crippen LogP contribution in [0, 0.1) is 18.3 Å². The number of nitriles is 1. The van der Waals surface area contributed by atoms with E-state index >= 15 is 0 Å². The van der Waals surface area contributed by atoms with Crippen LogP contribution in [0.4, 0.5) is 0 Å². The van der Waals surface area contributed by atoms with Gasteiger partial charge < -0.3 is 5.11 Å². The third kappa shape index (κ3) is 2.33. The van der Waals surface area contributed by atoms with Crippen LogP contribution < -0.4 is 0 Å². The van der Waals surface area contributed by atoms with Crippen LogP contribution in [0.1, 0.15) is 16.7 Å². The highest BCUT2D eigenvalue weighted by molar-refractivity contribution is 9.10. The number of halogens is 1. The van der Waals surface area contributed by atoms with Crippen LogP contribution in [-0.4, -0.2) is 11.1 Å². The number of nitrogens with zero attached hydrogens (tertiary/aromatic N) is 1. The van der Waals surface area contributed by atoms with Crippen molar-refractivity contribution in [2.45, 2.75) is 13.3 Å². The lowest BCUT2D eigenvalue weighted by Gasteiger charge is -2.04. The van der Waals surface area contributed by atoms with E-state index in [1.807, 2.05) is 13.0 Å². The lowest BCUT2D eigenvalue weighted by Crippen LogP contribution is -2.01. The molecule has 1 aromatic carbocycles. The predicted molar refractivity (Wildman–Crippen MR) is 54.9 cm³/mol. The van der Waals surface area contributed by atoms with Crippen LogP contribution in [-0.2, 0) is 11.2 Å². The van der Waals surface area contributed by atoms with E-state index in [2.05, 4.69) is 15.9 Å². The monoisotopic (exact) mass is 253 g/mol. The van der Waals surface area contributed by atoms with E-state index in [1.165, 1.54) is 0 Å². The molecule has 0 atom stereocenters. The maximum absolute atomic E-state index is 10.5. The van der Waals surface area contributed by atoms with Crippen LogP contribution in [0.15, 0.2) is 16.6 Å². The van der Waals surface area contributed by atoms with Gasteiger partial charge in [-0.05, 0) is 30.2 Å². The Kier molecular flexibility index (Phi) is 3.26. The lowest BCUT2D eigenvalue weighted by molar-refractivity contribution is -0.136. The van der Waals surface area contributed by atoms with E-state index < -0.39 is 5.97 Å². The second-order valence-corrected chi connectivity index (χ2v) is 3.80. The molecule has 1 aromatic rings. The molecule has 0 aliphatic carbocycles. The van der Waals surface area contributed by atoms with Crippen molar-refractivity contribution in [3.63, 3.8) is 0 Å². The number of benzene rings is 1. The Labute approximate surface area is 90.1 Å². The zero-order chi connectivity index (χ0) is 10.7.